The summed E-state index contributed by atoms with van der Waals surface area (Å²) in [6.07, 6.45) is 6.11. The molecule has 4 nitrogen and oxygen atoms in total. The topological polar surface area (TPSA) is 55.1 Å². The van der Waals surface area contributed by atoms with E-state index in [0.717, 1.165) is 23.9 Å². The molecule has 2 aromatic rings. The lowest BCUT2D eigenvalue weighted by Gasteiger charge is -2.03. The summed E-state index contributed by atoms with van der Waals surface area (Å²) in [6, 6.07) is 4.12. The number of rotatable bonds is 3. The van der Waals surface area contributed by atoms with Gasteiger partial charge < -0.3 is 9.73 Å². The number of nitrogens with zero attached hydrogens (tertiary/aromatic N) is 1. The van der Waals surface area contributed by atoms with E-state index in [4.69, 9.17) is 4.42 Å². The van der Waals surface area contributed by atoms with Gasteiger partial charge in [-0.25, -0.2) is 4.98 Å². The fraction of sp³-hybridized carbons (Fsp3) is 0.333. The predicted octanol–water partition coefficient (Wildman–Crippen LogP) is 2.68. The number of carbonyl (C=O) groups is 1. The third-order valence-corrected chi connectivity index (χ3v) is 3.54. The second-order valence-corrected chi connectivity index (χ2v) is 4.69. The van der Waals surface area contributed by atoms with Crippen LogP contribution in [0.1, 0.15) is 30.9 Å². The molecule has 1 aromatic heterocycles. The van der Waals surface area contributed by atoms with E-state index in [1.54, 1.807) is 0 Å². The minimum Gasteiger partial charge on any atom is -0.443 e. The Morgan fingerprint density at radius 2 is 2.37 bits per heavy atom. The van der Waals surface area contributed by atoms with E-state index in [-0.39, 0.29) is 5.91 Å². The van der Waals surface area contributed by atoms with E-state index in [9.17, 15) is 4.79 Å². The van der Waals surface area contributed by atoms with Crippen LogP contribution in [0.25, 0.3) is 16.7 Å². The maximum absolute atomic E-state index is 11.2. The number of hydrogen-bond donors (Lipinski definition) is 1. The smallest absolute Gasteiger partial charge is 0.219 e. The predicted molar refractivity (Wildman–Crippen MR) is 73.6 cm³/mol. The molecule has 1 aliphatic carbocycles. The molecule has 0 bridgehead atoms. The SMILES string of the molecule is CCC(=O)NC/C=C1/CCc2ccc3ncoc3c21. The highest BCUT2D eigenvalue weighted by Crippen LogP contribution is 2.37. The van der Waals surface area contributed by atoms with Crippen LogP contribution < -0.4 is 5.32 Å². The van der Waals surface area contributed by atoms with Crippen LogP contribution in [0, 0.1) is 0 Å². The number of carbonyl (C=O) groups excluding carboxylic acids is 1. The average molecular weight is 256 g/mol. The highest BCUT2D eigenvalue weighted by Gasteiger charge is 2.20. The highest BCUT2D eigenvalue weighted by atomic mass is 16.3. The van der Waals surface area contributed by atoms with Crippen molar-refractivity contribution in [2.75, 3.05) is 6.54 Å². The number of nitrogens with one attached hydrogen (secondary N) is 1. The molecule has 0 spiro atoms. The number of aromatic nitrogens is 1. The summed E-state index contributed by atoms with van der Waals surface area (Å²) in [5.41, 5.74) is 5.47. The molecule has 0 atom stereocenters. The number of aryl methyl sites for hydroxylation is 1. The van der Waals surface area contributed by atoms with Gasteiger partial charge in [-0.15, -0.1) is 0 Å². The van der Waals surface area contributed by atoms with E-state index < -0.39 is 0 Å². The minimum atomic E-state index is 0.0768. The van der Waals surface area contributed by atoms with Crippen molar-refractivity contribution in [1.29, 1.82) is 0 Å². The molecule has 1 amide bonds. The highest BCUT2D eigenvalue weighted by molar-refractivity contribution is 5.91. The van der Waals surface area contributed by atoms with Crippen LogP contribution in [0.3, 0.4) is 0 Å². The standard InChI is InChI=1S/C15H16N2O2/c1-2-13(18)16-8-7-11-4-3-10-5-6-12-15(14(10)11)19-9-17-12/h5-7,9H,2-4,8H2,1H3,(H,16,18)/b11-7-. The number of hydrogen-bond acceptors (Lipinski definition) is 3. The molecule has 3 rings (SSSR count). The number of oxazole rings is 1. The number of fused-ring (bicyclic) bond motifs is 3. The van der Waals surface area contributed by atoms with E-state index in [2.05, 4.69) is 22.4 Å². The van der Waals surface area contributed by atoms with Gasteiger partial charge in [0.2, 0.25) is 5.91 Å². The van der Waals surface area contributed by atoms with Crippen LogP contribution in [0.5, 0.6) is 0 Å². The Hall–Kier alpha value is -2.10. The van der Waals surface area contributed by atoms with Gasteiger partial charge in [0.25, 0.3) is 0 Å². The molecular formula is C15H16N2O2. The van der Waals surface area contributed by atoms with Gasteiger partial charge in [0.1, 0.15) is 5.52 Å². The van der Waals surface area contributed by atoms with Crippen molar-refractivity contribution in [3.05, 3.63) is 35.7 Å². The van der Waals surface area contributed by atoms with Crippen LogP contribution in [0.4, 0.5) is 0 Å². The van der Waals surface area contributed by atoms with Gasteiger partial charge in [-0.3, -0.25) is 4.79 Å². The Morgan fingerprint density at radius 3 is 3.21 bits per heavy atom. The first-order chi connectivity index (χ1) is 9.29. The Labute approximate surface area is 111 Å². The number of amides is 1. The normalized spacial score (nSPS) is 15.9. The average Bonchev–Trinajstić information content (AvgIpc) is 3.03. The lowest BCUT2D eigenvalue weighted by Crippen LogP contribution is -2.22. The van der Waals surface area contributed by atoms with Gasteiger partial charge in [-0.2, -0.15) is 0 Å². The Kier molecular flexibility index (Phi) is 3.07. The van der Waals surface area contributed by atoms with Crippen molar-refractivity contribution in [2.24, 2.45) is 0 Å². The quantitative estimate of drug-likeness (QED) is 0.918. The molecule has 1 heterocycles. The molecule has 1 aromatic carbocycles. The maximum atomic E-state index is 11.2. The molecule has 0 saturated carbocycles. The van der Waals surface area contributed by atoms with Gasteiger partial charge in [-0.05, 0) is 30.0 Å². The van der Waals surface area contributed by atoms with Gasteiger partial charge in [0.15, 0.2) is 12.0 Å². The first-order valence-electron chi connectivity index (χ1n) is 6.60. The molecule has 0 fully saturated rings. The number of benzene rings is 1. The Balaban J connectivity index is 1.90. The monoisotopic (exact) mass is 256 g/mol. The van der Waals surface area contributed by atoms with E-state index >= 15 is 0 Å². The first kappa shape index (κ1) is 12.0. The summed E-state index contributed by atoms with van der Waals surface area (Å²) < 4.78 is 5.50. The zero-order valence-electron chi connectivity index (χ0n) is 10.9. The van der Waals surface area contributed by atoms with E-state index in [1.807, 2.05) is 13.0 Å². The van der Waals surface area contributed by atoms with Crippen molar-refractivity contribution in [1.82, 2.24) is 10.3 Å². The molecule has 0 radical (unpaired) electrons. The molecule has 98 valence electrons. The third kappa shape index (κ3) is 2.14. The van der Waals surface area contributed by atoms with Crippen molar-refractivity contribution in [2.45, 2.75) is 26.2 Å². The molecule has 1 N–H and O–H groups in total. The summed E-state index contributed by atoms with van der Waals surface area (Å²) in [6.45, 7) is 2.43. The molecule has 4 heteroatoms. The zero-order valence-corrected chi connectivity index (χ0v) is 10.9. The van der Waals surface area contributed by atoms with Crippen LogP contribution in [0.2, 0.25) is 0 Å². The summed E-state index contributed by atoms with van der Waals surface area (Å²) in [4.78, 5) is 15.4. The second kappa shape index (κ2) is 4.88. The van der Waals surface area contributed by atoms with Crippen molar-refractivity contribution in [3.8, 4) is 0 Å². The van der Waals surface area contributed by atoms with Gasteiger partial charge in [0.05, 0.1) is 0 Å². The zero-order chi connectivity index (χ0) is 13.2. The fourth-order valence-corrected chi connectivity index (χ4v) is 2.54. The van der Waals surface area contributed by atoms with Gasteiger partial charge in [0, 0.05) is 18.5 Å². The van der Waals surface area contributed by atoms with Crippen LogP contribution in [0.15, 0.2) is 29.0 Å². The largest absolute Gasteiger partial charge is 0.443 e. The van der Waals surface area contributed by atoms with Gasteiger partial charge in [-0.1, -0.05) is 19.1 Å². The Morgan fingerprint density at radius 1 is 1.47 bits per heavy atom. The van der Waals surface area contributed by atoms with Crippen LogP contribution in [-0.4, -0.2) is 17.4 Å². The van der Waals surface area contributed by atoms with Gasteiger partial charge >= 0.3 is 0 Å². The first-order valence-corrected chi connectivity index (χ1v) is 6.60. The molecule has 1 aliphatic rings. The molecular weight excluding hydrogens is 240 g/mol. The van der Waals surface area contributed by atoms with Crippen LogP contribution in [-0.2, 0) is 11.2 Å². The van der Waals surface area contributed by atoms with E-state index in [0.29, 0.717) is 13.0 Å². The van der Waals surface area contributed by atoms with Crippen molar-refractivity contribution < 1.29 is 9.21 Å². The third-order valence-electron chi connectivity index (χ3n) is 3.54. The lowest BCUT2D eigenvalue weighted by atomic mass is 10.1. The van der Waals surface area contributed by atoms with Crippen molar-refractivity contribution in [3.63, 3.8) is 0 Å². The molecule has 0 unspecified atom stereocenters. The van der Waals surface area contributed by atoms with Crippen LogP contribution >= 0.6 is 0 Å². The summed E-state index contributed by atoms with van der Waals surface area (Å²) in [5.74, 6) is 0.0768. The second-order valence-electron chi connectivity index (χ2n) is 4.69. The number of allylic oxidation sites excluding steroid dienone is 1. The van der Waals surface area contributed by atoms with E-state index in [1.165, 1.54) is 23.1 Å². The summed E-state index contributed by atoms with van der Waals surface area (Å²) in [7, 11) is 0. The lowest BCUT2D eigenvalue weighted by molar-refractivity contribution is -0.120. The molecule has 0 aliphatic heterocycles. The summed E-state index contributed by atoms with van der Waals surface area (Å²) in [5, 5.41) is 2.87. The Bertz CT molecular complexity index is 655. The molecule has 0 saturated heterocycles. The fourth-order valence-electron chi connectivity index (χ4n) is 2.54. The summed E-state index contributed by atoms with van der Waals surface area (Å²) >= 11 is 0. The maximum Gasteiger partial charge on any atom is 0.219 e. The van der Waals surface area contributed by atoms with Crippen molar-refractivity contribution >= 4 is 22.6 Å². The molecule has 19 heavy (non-hydrogen) atoms. The minimum absolute atomic E-state index is 0.0768.